The molecule has 0 atom stereocenters. The fourth-order valence-corrected chi connectivity index (χ4v) is 1.19. The number of nitriles is 1. The molecule has 0 amide bonds. The third-order valence-corrected chi connectivity index (χ3v) is 2.01. The lowest BCUT2D eigenvalue weighted by atomic mass is 10.1. The topological polar surface area (TPSA) is 44.0 Å². The Labute approximate surface area is 88.9 Å². The number of hydrogen-bond acceptors (Lipinski definition) is 3. The second-order valence-electron chi connectivity index (χ2n) is 2.80. The van der Waals surface area contributed by atoms with E-state index in [0.29, 0.717) is 5.56 Å². The van der Waals surface area contributed by atoms with Crippen molar-refractivity contribution in [2.24, 2.45) is 0 Å². The number of aromatic hydroxyl groups is 1. The van der Waals surface area contributed by atoms with E-state index in [9.17, 15) is 5.11 Å². The first-order chi connectivity index (χ1) is 6.77. The lowest BCUT2D eigenvalue weighted by Crippen LogP contribution is -1.78. The molecule has 0 heterocycles. The van der Waals surface area contributed by atoms with Crippen molar-refractivity contribution >= 4 is 18.7 Å². The molecule has 72 valence electrons. The molecular weight excluding hydrogens is 194 g/mol. The maximum Gasteiger partial charge on any atom is 0.133 e. The van der Waals surface area contributed by atoms with Gasteiger partial charge in [-0.2, -0.15) is 17.9 Å². The number of hydrogen-bond donors (Lipinski definition) is 2. The van der Waals surface area contributed by atoms with Crippen LogP contribution in [0.2, 0.25) is 0 Å². The van der Waals surface area contributed by atoms with Crippen LogP contribution in [0.3, 0.4) is 0 Å². The molecule has 0 unspecified atom stereocenters. The second kappa shape index (κ2) is 5.36. The molecule has 0 fully saturated rings. The van der Waals surface area contributed by atoms with E-state index in [0.717, 1.165) is 17.7 Å². The van der Waals surface area contributed by atoms with Crippen molar-refractivity contribution < 1.29 is 5.11 Å². The minimum Gasteiger partial charge on any atom is -0.507 e. The molecule has 0 aromatic heterocycles. The number of nitrogens with zero attached hydrogens (tertiary/aromatic N) is 1. The average molecular weight is 205 g/mol. The molecule has 2 nitrogen and oxygen atoms in total. The van der Waals surface area contributed by atoms with Crippen molar-refractivity contribution in [1.29, 1.82) is 5.26 Å². The highest BCUT2D eigenvalue weighted by Crippen LogP contribution is 2.18. The van der Waals surface area contributed by atoms with Crippen molar-refractivity contribution in [3.63, 3.8) is 0 Å². The zero-order valence-corrected chi connectivity index (χ0v) is 8.54. The highest BCUT2D eigenvalue weighted by Gasteiger charge is 1.98. The Hall–Kier alpha value is -1.40. The van der Waals surface area contributed by atoms with Gasteiger partial charge in [-0.1, -0.05) is 18.2 Å². The summed E-state index contributed by atoms with van der Waals surface area (Å²) >= 11 is 4.08. The van der Waals surface area contributed by atoms with Crippen molar-refractivity contribution in [2.45, 2.75) is 6.42 Å². The summed E-state index contributed by atoms with van der Waals surface area (Å²) in [5, 5.41) is 18.0. The Morgan fingerprint density at radius 2 is 2.29 bits per heavy atom. The second-order valence-corrected chi connectivity index (χ2v) is 3.25. The molecule has 0 saturated carbocycles. The lowest BCUT2D eigenvalue weighted by molar-refractivity contribution is 0.473. The molecule has 3 heteroatoms. The zero-order valence-electron chi connectivity index (χ0n) is 7.64. The molecule has 0 spiro atoms. The van der Waals surface area contributed by atoms with Crippen LogP contribution in [0.4, 0.5) is 0 Å². The summed E-state index contributed by atoms with van der Waals surface area (Å²) in [6, 6.07) is 6.89. The monoisotopic (exact) mass is 205 g/mol. The van der Waals surface area contributed by atoms with Crippen LogP contribution in [0.1, 0.15) is 17.5 Å². The van der Waals surface area contributed by atoms with E-state index in [4.69, 9.17) is 5.26 Å². The van der Waals surface area contributed by atoms with Crippen molar-refractivity contribution in [1.82, 2.24) is 0 Å². The molecule has 0 radical (unpaired) electrons. The van der Waals surface area contributed by atoms with E-state index >= 15 is 0 Å². The van der Waals surface area contributed by atoms with Gasteiger partial charge in [0.05, 0.1) is 5.56 Å². The fourth-order valence-electron chi connectivity index (χ4n) is 1.04. The Kier molecular flexibility index (Phi) is 4.09. The largest absolute Gasteiger partial charge is 0.507 e. The van der Waals surface area contributed by atoms with Gasteiger partial charge < -0.3 is 5.11 Å². The van der Waals surface area contributed by atoms with Crippen LogP contribution in [-0.4, -0.2) is 10.9 Å². The standard InChI is InChI=1S/C11H11NOS/c12-8-10-5-4-9(7-11(10)13)3-1-2-6-14/h1,3-5,7,13-14H,2,6H2. The molecule has 1 aromatic rings. The van der Waals surface area contributed by atoms with Crippen molar-refractivity contribution in [3.05, 3.63) is 35.4 Å². The number of allylic oxidation sites excluding steroid dienone is 1. The van der Waals surface area contributed by atoms with Gasteiger partial charge >= 0.3 is 0 Å². The Morgan fingerprint density at radius 3 is 2.86 bits per heavy atom. The van der Waals surface area contributed by atoms with E-state index in [-0.39, 0.29) is 5.75 Å². The molecule has 0 aliphatic carbocycles. The first kappa shape index (κ1) is 10.7. The van der Waals surface area contributed by atoms with Crippen molar-refractivity contribution in [2.75, 3.05) is 5.75 Å². The van der Waals surface area contributed by atoms with Crippen LogP contribution in [0.15, 0.2) is 24.3 Å². The maximum absolute atomic E-state index is 9.38. The van der Waals surface area contributed by atoms with Gasteiger partial charge in [-0.15, -0.1) is 0 Å². The SMILES string of the molecule is N#Cc1ccc(C=CCCS)cc1O. The van der Waals surface area contributed by atoms with Crippen molar-refractivity contribution in [3.8, 4) is 11.8 Å². The predicted octanol–water partition coefficient (Wildman–Crippen LogP) is 2.60. The van der Waals surface area contributed by atoms with Crippen LogP contribution in [0.25, 0.3) is 6.08 Å². The van der Waals surface area contributed by atoms with Gasteiger partial charge in [0.2, 0.25) is 0 Å². The van der Waals surface area contributed by atoms with E-state index in [1.165, 1.54) is 0 Å². The summed E-state index contributed by atoms with van der Waals surface area (Å²) in [5.74, 6) is 0.833. The molecular formula is C11H11NOS. The molecule has 0 bridgehead atoms. The van der Waals surface area contributed by atoms with Crippen LogP contribution in [0, 0.1) is 11.3 Å². The smallest absolute Gasteiger partial charge is 0.133 e. The van der Waals surface area contributed by atoms with Gasteiger partial charge in [-0.05, 0) is 29.9 Å². The van der Waals surface area contributed by atoms with Gasteiger partial charge in [0, 0.05) is 0 Å². The quantitative estimate of drug-likeness (QED) is 0.745. The highest BCUT2D eigenvalue weighted by atomic mass is 32.1. The molecule has 14 heavy (non-hydrogen) atoms. The Morgan fingerprint density at radius 1 is 1.50 bits per heavy atom. The lowest BCUT2D eigenvalue weighted by Gasteiger charge is -1.97. The van der Waals surface area contributed by atoms with E-state index in [1.54, 1.807) is 18.2 Å². The van der Waals surface area contributed by atoms with Crippen LogP contribution < -0.4 is 0 Å². The molecule has 1 rings (SSSR count). The summed E-state index contributed by atoms with van der Waals surface area (Å²) in [6.45, 7) is 0. The van der Waals surface area contributed by atoms with Gasteiger partial charge in [-0.3, -0.25) is 0 Å². The minimum absolute atomic E-state index is 0.0283. The fraction of sp³-hybridized carbons (Fsp3) is 0.182. The van der Waals surface area contributed by atoms with Crippen LogP contribution >= 0.6 is 12.6 Å². The highest BCUT2D eigenvalue weighted by molar-refractivity contribution is 7.80. The number of thiol groups is 1. The number of phenolic OH excluding ortho intramolecular Hbond substituents is 1. The summed E-state index contributed by atoms with van der Waals surface area (Å²) < 4.78 is 0. The average Bonchev–Trinajstić information content (AvgIpc) is 2.18. The number of phenols is 1. The summed E-state index contributed by atoms with van der Waals surface area (Å²) in [7, 11) is 0. The van der Waals surface area contributed by atoms with Crippen LogP contribution in [-0.2, 0) is 0 Å². The van der Waals surface area contributed by atoms with Gasteiger partial charge in [0.1, 0.15) is 11.8 Å². The van der Waals surface area contributed by atoms with E-state index in [1.807, 2.05) is 18.2 Å². The van der Waals surface area contributed by atoms with Crippen LogP contribution in [0.5, 0.6) is 5.75 Å². The third kappa shape index (κ3) is 2.82. The Bertz CT molecular complexity index is 379. The minimum atomic E-state index is 0.0283. The molecule has 0 aliphatic rings. The number of benzene rings is 1. The van der Waals surface area contributed by atoms with E-state index in [2.05, 4.69) is 12.6 Å². The normalized spacial score (nSPS) is 10.3. The molecule has 1 N–H and O–H groups in total. The molecule has 0 saturated heterocycles. The summed E-state index contributed by atoms with van der Waals surface area (Å²) in [6.07, 6.45) is 4.77. The molecule has 1 aromatic carbocycles. The maximum atomic E-state index is 9.38. The Balaban J connectivity index is 2.82. The van der Waals surface area contributed by atoms with Gasteiger partial charge in [0.25, 0.3) is 0 Å². The van der Waals surface area contributed by atoms with E-state index < -0.39 is 0 Å². The third-order valence-electron chi connectivity index (χ3n) is 1.75. The number of rotatable bonds is 3. The summed E-state index contributed by atoms with van der Waals surface area (Å²) in [4.78, 5) is 0. The predicted molar refractivity (Wildman–Crippen MR) is 60.3 cm³/mol. The first-order valence-corrected chi connectivity index (χ1v) is 4.91. The summed E-state index contributed by atoms with van der Waals surface area (Å²) in [5.41, 5.74) is 1.19. The van der Waals surface area contributed by atoms with Gasteiger partial charge in [-0.25, -0.2) is 0 Å². The van der Waals surface area contributed by atoms with Gasteiger partial charge in [0.15, 0.2) is 0 Å². The first-order valence-electron chi connectivity index (χ1n) is 4.28. The zero-order chi connectivity index (χ0) is 10.4. The molecule has 0 aliphatic heterocycles.